The summed E-state index contributed by atoms with van der Waals surface area (Å²) in [6.07, 6.45) is 1.87. The summed E-state index contributed by atoms with van der Waals surface area (Å²) in [5, 5.41) is 3.37. The summed E-state index contributed by atoms with van der Waals surface area (Å²) in [5.41, 5.74) is 3.67. The lowest BCUT2D eigenvalue weighted by Crippen LogP contribution is -2.43. The molecule has 0 unspecified atom stereocenters. The van der Waals surface area contributed by atoms with E-state index in [0.717, 1.165) is 42.6 Å². The predicted molar refractivity (Wildman–Crippen MR) is 130 cm³/mol. The fourth-order valence-corrected chi connectivity index (χ4v) is 4.51. The van der Waals surface area contributed by atoms with Gasteiger partial charge in [0.25, 0.3) is 0 Å². The van der Waals surface area contributed by atoms with Crippen LogP contribution in [0, 0.1) is 11.6 Å². The molecule has 3 aromatic rings. The van der Waals surface area contributed by atoms with Crippen LogP contribution in [0.5, 0.6) is 17.2 Å². The third-order valence-electron chi connectivity index (χ3n) is 6.26. The molecule has 3 aromatic carbocycles. The molecule has 1 heterocycles. The van der Waals surface area contributed by atoms with Gasteiger partial charge in [0.15, 0.2) is 23.1 Å². The van der Waals surface area contributed by atoms with Crippen LogP contribution in [0.15, 0.2) is 54.6 Å². The number of hydrogen-bond donors (Lipinski definition) is 1. The molecule has 0 atom stereocenters. The van der Waals surface area contributed by atoms with E-state index in [1.807, 2.05) is 24.3 Å². The van der Waals surface area contributed by atoms with Gasteiger partial charge in [0.1, 0.15) is 0 Å². The zero-order chi connectivity index (χ0) is 24.1. The molecule has 7 heteroatoms. The highest BCUT2D eigenvalue weighted by molar-refractivity contribution is 5.71. The molecule has 0 bridgehead atoms. The van der Waals surface area contributed by atoms with Crippen LogP contribution in [0.2, 0.25) is 0 Å². The standard InChI is InChI=1S/C27H30F2N2O3/c1-32-25-14-20(15-26(33-2)27(25)34-3)19-6-4-5-18(13-19)17-31(21-9-11-30-12-10-21)22-7-8-23(28)24(29)16-22/h4-8,13-16,21,30H,9-12,17H2,1-3H3. The van der Waals surface area contributed by atoms with Gasteiger partial charge in [-0.1, -0.05) is 18.2 Å². The minimum atomic E-state index is -0.835. The predicted octanol–water partition coefficient (Wildman–Crippen LogP) is 5.42. The maximum atomic E-state index is 14.1. The van der Waals surface area contributed by atoms with Crippen LogP contribution in [0.3, 0.4) is 0 Å². The van der Waals surface area contributed by atoms with Gasteiger partial charge < -0.3 is 24.4 Å². The van der Waals surface area contributed by atoms with Crippen LogP contribution in [-0.2, 0) is 6.54 Å². The van der Waals surface area contributed by atoms with Gasteiger partial charge in [-0.3, -0.25) is 0 Å². The highest BCUT2D eigenvalue weighted by Gasteiger charge is 2.23. The Hall–Kier alpha value is -3.32. The quantitative estimate of drug-likeness (QED) is 0.479. The number of anilines is 1. The van der Waals surface area contributed by atoms with E-state index in [1.165, 1.54) is 12.1 Å². The van der Waals surface area contributed by atoms with E-state index in [4.69, 9.17) is 14.2 Å². The summed E-state index contributed by atoms with van der Waals surface area (Å²) in [7, 11) is 4.76. The smallest absolute Gasteiger partial charge is 0.203 e. The fourth-order valence-electron chi connectivity index (χ4n) is 4.51. The lowest BCUT2D eigenvalue weighted by atomic mass is 9.99. The molecule has 0 aliphatic carbocycles. The number of halogens is 2. The van der Waals surface area contributed by atoms with Gasteiger partial charge in [-0.2, -0.15) is 0 Å². The maximum Gasteiger partial charge on any atom is 0.203 e. The second-order valence-corrected chi connectivity index (χ2v) is 8.32. The van der Waals surface area contributed by atoms with Crippen molar-refractivity contribution in [2.45, 2.75) is 25.4 Å². The van der Waals surface area contributed by atoms with Gasteiger partial charge in [0.05, 0.1) is 21.3 Å². The van der Waals surface area contributed by atoms with E-state index < -0.39 is 11.6 Å². The molecule has 5 nitrogen and oxygen atoms in total. The van der Waals surface area contributed by atoms with Gasteiger partial charge >= 0.3 is 0 Å². The van der Waals surface area contributed by atoms with Crippen LogP contribution in [0.1, 0.15) is 18.4 Å². The molecule has 1 aliphatic heterocycles. The SMILES string of the molecule is COc1cc(-c2cccc(CN(c3ccc(F)c(F)c3)C3CCNCC3)c2)cc(OC)c1OC. The summed E-state index contributed by atoms with van der Waals surface area (Å²) < 4.78 is 44.2. The molecule has 34 heavy (non-hydrogen) atoms. The van der Waals surface area contributed by atoms with Gasteiger partial charge in [-0.15, -0.1) is 0 Å². The van der Waals surface area contributed by atoms with Gasteiger partial charge in [0, 0.05) is 24.3 Å². The highest BCUT2D eigenvalue weighted by atomic mass is 19.2. The van der Waals surface area contributed by atoms with Crippen molar-refractivity contribution < 1.29 is 23.0 Å². The number of hydrogen-bond acceptors (Lipinski definition) is 5. The molecule has 1 saturated heterocycles. The number of benzene rings is 3. The lowest BCUT2D eigenvalue weighted by molar-refractivity contribution is 0.324. The minimum absolute atomic E-state index is 0.232. The maximum absolute atomic E-state index is 14.1. The molecule has 180 valence electrons. The summed E-state index contributed by atoms with van der Waals surface area (Å²) in [6.45, 7) is 2.38. The Bertz CT molecular complexity index is 1110. The molecule has 0 spiro atoms. The van der Waals surface area contributed by atoms with Crippen molar-refractivity contribution in [1.29, 1.82) is 0 Å². The molecule has 0 aromatic heterocycles. The number of rotatable bonds is 8. The van der Waals surface area contributed by atoms with Crippen LogP contribution in [0.25, 0.3) is 11.1 Å². The highest BCUT2D eigenvalue weighted by Crippen LogP contribution is 2.41. The second-order valence-electron chi connectivity index (χ2n) is 8.32. The van der Waals surface area contributed by atoms with Crippen molar-refractivity contribution in [2.75, 3.05) is 39.3 Å². The Morgan fingerprint density at radius 3 is 2.15 bits per heavy atom. The van der Waals surface area contributed by atoms with E-state index in [0.29, 0.717) is 29.5 Å². The van der Waals surface area contributed by atoms with Crippen molar-refractivity contribution in [2.24, 2.45) is 0 Å². The van der Waals surface area contributed by atoms with E-state index in [2.05, 4.69) is 22.3 Å². The topological polar surface area (TPSA) is 43.0 Å². The number of piperidine rings is 1. The van der Waals surface area contributed by atoms with Gasteiger partial charge in [-0.05, 0) is 73.0 Å². The van der Waals surface area contributed by atoms with Crippen LogP contribution < -0.4 is 24.4 Å². The Balaban J connectivity index is 1.68. The Labute approximate surface area is 199 Å². The summed E-state index contributed by atoms with van der Waals surface area (Å²) in [5.74, 6) is 0.0436. The Morgan fingerprint density at radius 1 is 0.824 bits per heavy atom. The average molecular weight is 469 g/mol. The third kappa shape index (κ3) is 5.09. The zero-order valence-corrected chi connectivity index (χ0v) is 19.7. The van der Waals surface area contributed by atoms with Crippen LogP contribution >= 0.6 is 0 Å². The molecule has 0 saturated carbocycles. The Kier molecular flexibility index (Phi) is 7.53. The molecule has 1 aliphatic rings. The average Bonchev–Trinajstić information content (AvgIpc) is 2.88. The van der Waals surface area contributed by atoms with Crippen molar-refractivity contribution in [1.82, 2.24) is 5.32 Å². The molecular weight excluding hydrogens is 438 g/mol. The van der Waals surface area contributed by atoms with Crippen LogP contribution in [0.4, 0.5) is 14.5 Å². The largest absolute Gasteiger partial charge is 0.493 e. The van der Waals surface area contributed by atoms with Gasteiger partial charge in [0.2, 0.25) is 5.75 Å². The third-order valence-corrected chi connectivity index (χ3v) is 6.26. The second kappa shape index (κ2) is 10.7. The van der Waals surface area contributed by atoms with E-state index in [9.17, 15) is 8.78 Å². The molecular formula is C27H30F2N2O3. The number of nitrogens with zero attached hydrogens (tertiary/aromatic N) is 1. The van der Waals surface area contributed by atoms with Crippen molar-refractivity contribution in [3.63, 3.8) is 0 Å². The Morgan fingerprint density at radius 2 is 1.53 bits per heavy atom. The fraction of sp³-hybridized carbons (Fsp3) is 0.333. The number of methoxy groups -OCH3 is 3. The van der Waals surface area contributed by atoms with Crippen LogP contribution in [-0.4, -0.2) is 40.5 Å². The van der Waals surface area contributed by atoms with Gasteiger partial charge in [-0.25, -0.2) is 8.78 Å². The molecule has 0 radical (unpaired) electrons. The number of nitrogens with one attached hydrogen (secondary N) is 1. The van der Waals surface area contributed by atoms with Crippen molar-refractivity contribution in [3.8, 4) is 28.4 Å². The zero-order valence-electron chi connectivity index (χ0n) is 19.7. The summed E-state index contributed by atoms with van der Waals surface area (Å²) in [6, 6.07) is 16.4. The normalized spacial score (nSPS) is 14.0. The molecule has 1 N–H and O–H groups in total. The van der Waals surface area contributed by atoms with E-state index >= 15 is 0 Å². The minimum Gasteiger partial charge on any atom is -0.493 e. The number of ether oxygens (including phenoxy) is 3. The first-order chi connectivity index (χ1) is 16.5. The molecule has 4 rings (SSSR count). The first kappa shape index (κ1) is 23.8. The molecule has 1 fully saturated rings. The first-order valence-electron chi connectivity index (χ1n) is 11.4. The molecule has 0 amide bonds. The summed E-state index contributed by atoms with van der Waals surface area (Å²) >= 11 is 0. The van der Waals surface area contributed by atoms with E-state index in [1.54, 1.807) is 27.4 Å². The monoisotopic (exact) mass is 468 g/mol. The first-order valence-corrected chi connectivity index (χ1v) is 11.4. The van der Waals surface area contributed by atoms with Crippen molar-refractivity contribution in [3.05, 3.63) is 71.8 Å². The lowest BCUT2D eigenvalue weighted by Gasteiger charge is -2.36. The van der Waals surface area contributed by atoms with Crippen molar-refractivity contribution >= 4 is 5.69 Å². The summed E-state index contributed by atoms with van der Waals surface area (Å²) in [4.78, 5) is 2.18. The van der Waals surface area contributed by atoms with E-state index in [-0.39, 0.29) is 6.04 Å².